The van der Waals surface area contributed by atoms with E-state index in [2.05, 4.69) is 0 Å². The minimum absolute atomic E-state index is 0.00629. The molecule has 4 rings (SSSR count). The average Bonchev–Trinajstić information content (AvgIpc) is 3.11. The molecule has 0 unspecified atom stereocenters. The van der Waals surface area contributed by atoms with Crippen molar-refractivity contribution >= 4 is 53.7 Å². The maximum absolute atomic E-state index is 12.9. The van der Waals surface area contributed by atoms with Crippen LogP contribution in [0.3, 0.4) is 0 Å². The van der Waals surface area contributed by atoms with Gasteiger partial charge in [0.15, 0.2) is 19.8 Å². The fourth-order valence-corrected chi connectivity index (χ4v) is 8.82. The van der Waals surface area contributed by atoms with Crippen LogP contribution in [0.25, 0.3) is 0 Å². The third-order valence-electron chi connectivity index (χ3n) is 9.95. The van der Waals surface area contributed by atoms with Gasteiger partial charge in [-0.15, -0.1) is 0 Å². The van der Waals surface area contributed by atoms with E-state index in [9.17, 15) is 43.2 Å². The van der Waals surface area contributed by atoms with E-state index >= 15 is 0 Å². The third kappa shape index (κ3) is 18.8. The Kier molecular flexibility index (Phi) is 17.3. The summed E-state index contributed by atoms with van der Waals surface area (Å²) in [6.07, 6.45) is 1.80. The number of ether oxygens (including phenoxy) is 9. The lowest BCUT2D eigenvalue weighted by atomic mass is 9.40. The van der Waals surface area contributed by atoms with Gasteiger partial charge in [0.25, 0.3) is 0 Å². The summed E-state index contributed by atoms with van der Waals surface area (Å²) in [6, 6.07) is 0. The van der Waals surface area contributed by atoms with Crippen LogP contribution in [0.2, 0.25) is 0 Å². The molecule has 0 aromatic rings. The largest absolute Gasteiger partial charge is 0.465 e. The van der Waals surface area contributed by atoms with E-state index in [4.69, 9.17) is 42.6 Å². The predicted molar refractivity (Wildman–Crippen MR) is 209 cm³/mol. The average molecular weight is 869 g/mol. The first kappa shape index (κ1) is 50.6. The Bertz CT molecular complexity index is 1440. The zero-order valence-corrected chi connectivity index (χ0v) is 37.2. The molecule has 18 heteroatoms. The first-order valence-electron chi connectivity index (χ1n) is 20.7. The molecular weight excluding hydrogens is 804 g/mol. The van der Waals surface area contributed by atoms with Crippen LogP contribution in [0, 0.1) is 22.2 Å². The molecule has 0 radical (unpaired) electrons. The monoisotopic (exact) mass is 868 g/mol. The summed E-state index contributed by atoms with van der Waals surface area (Å²) in [7, 11) is 0. The molecule has 0 aromatic carbocycles. The quantitative estimate of drug-likeness (QED) is 0.113. The third-order valence-corrected chi connectivity index (χ3v) is 9.95. The van der Waals surface area contributed by atoms with Crippen molar-refractivity contribution < 1.29 is 85.8 Å². The topological polar surface area (TPSA) is 237 Å². The molecule has 4 aliphatic rings. The van der Waals surface area contributed by atoms with Crippen molar-refractivity contribution in [3.63, 3.8) is 0 Å². The van der Waals surface area contributed by atoms with Crippen molar-refractivity contribution in [3.8, 4) is 0 Å². The molecule has 0 N–H and O–H groups in total. The summed E-state index contributed by atoms with van der Waals surface area (Å²) in [4.78, 5) is 111. The van der Waals surface area contributed by atoms with E-state index in [-0.39, 0.29) is 64.3 Å². The van der Waals surface area contributed by atoms with Gasteiger partial charge in [-0.3, -0.25) is 28.8 Å². The summed E-state index contributed by atoms with van der Waals surface area (Å²) >= 11 is 0. The van der Waals surface area contributed by atoms with E-state index in [1.54, 1.807) is 62.3 Å². The molecule has 0 spiro atoms. The zero-order chi connectivity index (χ0) is 45.9. The zero-order valence-electron chi connectivity index (χ0n) is 37.2. The fourth-order valence-electron chi connectivity index (χ4n) is 8.82. The van der Waals surface area contributed by atoms with Crippen molar-refractivity contribution in [3.05, 3.63) is 0 Å². The van der Waals surface area contributed by atoms with Crippen molar-refractivity contribution in [2.75, 3.05) is 39.6 Å². The van der Waals surface area contributed by atoms with Crippen molar-refractivity contribution in [1.29, 1.82) is 0 Å². The van der Waals surface area contributed by atoms with Gasteiger partial charge in [-0.2, -0.15) is 0 Å². The molecule has 0 aliphatic heterocycles. The molecule has 0 heterocycles. The van der Waals surface area contributed by atoms with E-state index < -0.39 is 107 Å². The lowest BCUT2D eigenvalue weighted by Gasteiger charge is -2.66. The van der Waals surface area contributed by atoms with Crippen LogP contribution in [0.15, 0.2) is 0 Å². The van der Waals surface area contributed by atoms with Crippen molar-refractivity contribution in [1.82, 2.24) is 0 Å². The second-order valence-corrected chi connectivity index (χ2v) is 19.7. The first-order valence-corrected chi connectivity index (χ1v) is 20.7. The van der Waals surface area contributed by atoms with Gasteiger partial charge in [0.2, 0.25) is 0 Å². The minimum Gasteiger partial charge on any atom is -0.465 e. The Morgan fingerprint density at radius 2 is 0.574 bits per heavy atom. The Hall–Kier alpha value is -4.77. The van der Waals surface area contributed by atoms with Crippen LogP contribution < -0.4 is 0 Å². The van der Waals surface area contributed by atoms with Crippen LogP contribution in [-0.4, -0.2) is 110 Å². The number of carbonyl (C=O) groups excluding carboxylic acids is 9. The Balaban J connectivity index is 1.61. The molecule has 4 fully saturated rings. The maximum atomic E-state index is 12.9. The maximum Gasteiger partial charge on any atom is 0.344 e. The van der Waals surface area contributed by atoms with Gasteiger partial charge in [-0.05, 0) is 107 Å². The standard InChI is InChI=1S/C43H64O18/c1-38(2,3)59-35(50)19-53-29(44)10-13-32(47)56-25-41-16-28-17-42(22-41,26-57-33(48)14-11-30(45)54-20-36(51)60-39(4,5)6)24-43(18-28,23-41)27-58-34(49)15-12-31(46)55-21-37(52)61-40(7,8)9/h28H,10-27H2,1-9H3. The number of hydrogen-bond acceptors (Lipinski definition) is 18. The number of rotatable bonds is 21. The Morgan fingerprint density at radius 3 is 0.787 bits per heavy atom. The molecule has 344 valence electrons. The Morgan fingerprint density at radius 1 is 0.361 bits per heavy atom. The van der Waals surface area contributed by atoms with Gasteiger partial charge in [0.1, 0.15) is 16.8 Å². The van der Waals surface area contributed by atoms with Gasteiger partial charge in [-0.25, -0.2) is 14.4 Å². The van der Waals surface area contributed by atoms with E-state index in [1.165, 1.54) is 0 Å². The van der Waals surface area contributed by atoms with E-state index in [0.29, 0.717) is 38.5 Å². The molecule has 0 aromatic heterocycles. The summed E-state index contributed by atoms with van der Waals surface area (Å²) in [6.45, 7) is 13.3. The first-order chi connectivity index (χ1) is 28.1. The van der Waals surface area contributed by atoms with Crippen molar-refractivity contribution in [2.24, 2.45) is 22.2 Å². The molecule has 4 aliphatic carbocycles. The van der Waals surface area contributed by atoms with Crippen LogP contribution in [-0.2, 0) is 85.8 Å². The molecule has 0 atom stereocenters. The van der Waals surface area contributed by atoms with E-state index in [1.807, 2.05) is 0 Å². The Labute approximate surface area is 357 Å². The van der Waals surface area contributed by atoms with Gasteiger partial charge in [0.05, 0.1) is 58.3 Å². The minimum atomic E-state index is -0.772. The summed E-state index contributed by atoms with van der Waals surface area (Å²) < 4.78 is 47.4. The van der Waals surface area contributed by atoms with Gasteiger partial charge in [0, 0.05) is 16.2 Å². The summed E-state index contributed by atoms with van der Waals surface area (Å²) in [5.41, 5.74) is -4.01. The highest BCUT2D eigenvalue weighted by molar-refractivity contribution is 5.81. The predicted octanol–water partition coefficient (Wildman–Crippen LogP) is 4.57. The number of esters is 9. The number of hydrogen-bond donors (Lipinski definition) is 0. The van der Waals surface area contributed by atoms with Crippen LogP contribution in [0.4, 0.5) is 0 Å². The molecular formula is C43H64O18. The molecule has 0 saturated heterocycles. The SMILES string of the molecule is CC(C)(C)OC(=O)COC(=O)CCC(=O)OCC12CC3CC(COC(=O)CCC(=O)OCC(=O)OC(C)(C)C)(C1)CC(COC(=O)CCC(=O)OCC(=O)OC(C)(C)C)(C3)C2. The highest BCUT2D eigenvalue weighted by Gasteiger charge is 2.64. The second-order valence-electron chi connectivity index (χ2n) is 19.7. The lowest BCUT2D eigenvalue weighted by Crippen LogP contribution is -2.61. The highest BCUT2D eigenvalue weighted by Crippen LogP contribution is 2.70. The van der Waals surface area contributed by atoms with Crippen molar-refractivity contribution in [2.45, 2.75) is 156 Å². The highest BCUT2D eigenvalue weighted by atomic mass is 16.6. The van der Waals surface area contributed by atoms with Crippen LogP contribution in [0.1, 0.15) is 139 Å². The fraction of sp³-hybridized carbons (Fsp3) is 0.791. The molecule has 4 saturated carbocycles. The molecule has 61 heavy (non-hydrogen) atoms. The van der Waals surface area contributed by atoms with Gasteiger partial charge < -0.3 is 42.6 Å². The number of carbonyl (C=O) groups is 9. The van der Waals surface area contributed by atoms with Crippen LogP contribution in [0.5, 0.6) is 0 Å². The molecule has 0 amide bonds. The smallest absolute Gasteiger partial charge is 0.344 e. The molecule has 18 nitrogen and oxygen atoms in total. The summed E-state index contributed by atoms with van der Waals surface area (Å²) in [5, 5.41) is 0. The van der Waals surface area contributed by atoms with E-state index in [0.717, 1.165) is 0 Å². The lowest BCUT2D eigenvalue weighted by molar-refractivity contribution is -0.212. The molecule has 4 bridgehead atoms. The van der Waals surface area contributed by atoms with Gasteiger partial charge >= 0.3 is 53.7 Å². The van der Waals surface area contributed by atoms with Gasteiger partial charge in [-0.1, -0.05) is 0 Å². The van der Waals surface area contributed by atoms with Crippen LogP contribution >= 0.6 is 0 Å². The normalized spacial score (nSPS) is 22.9. The summed E-state index contributed by atoms with van der Waals surface area (Å²) in [5.74, 6) is -6.33. The second kappa shape index (κ2) is 20.9.